The molecule has 1 heterocycles. The molecule has 0 aliphatic carbocycles. The molecule has 2 aromatic carbocycles. The molecular weight excluding hydrogens is 228 g/mol. The summed E-state index contributed by atoms with van der Waals surface area (Å²) in [5.74, 6) is -0.651. The van der Waals surface area contributed by atoms with Crippen LogP contribution in [0.5, 0.6) is 0 Å². The number of hydrogen-bond acceptors (Lipinski definition) is 3. The zero-order chi connectivity index (χ0) is 12.9. The fourth-order valence-electron chi connectivity index (χ4n) is 2.39. The molecule has 90 valence electrons. The Labute approximate surface area is 104 Å². The number of nitrogens with zero attached hydrogens (tertiary/aromatic N) is 1. The van der Waals surface area contributed by atoms with Gasteiger partial charge in [-0.3, -0.25) is 14.9 Å². The Bertz CT molecular complexity index is 689. The first-order valence-corrected chi connectivity index (χ1v) is 5.68. The molecule has 0 unspecified atom stereocenters. The second-order valence-electron chi connectivity index (χ2n) is 4.54. The van der Waals surface area contributed by atoms with E-state index in [0.29, 0.717) is 11.1 Å². The van der Waals surface area contributed by atoms with Crippen molar-refractivity contribution in [3.8, 4) is 0 Å². The number of amides is 2. The number of benzene rings is 2. The molecule has 1 N–H and O–H groups in total. The summed E-state index contributed by atoms with van der Waals surface area (Å²) in [5.41, 5.74) is 1.96. The SMILES string of the molecule is CN(C)c1ccc2cccc3c2c1C(=O)NC3=O. The Balaban J connectivity index is 2.51. The van der Waals surface area contributed by atoms with Gasteiger partial charge >= 0.3 is 0 Å². The minimum atomic E-state index is -0.326. The van der Waals surface area contributed by atoms with E-state index in [1.165, 1.54) is 0 Å². The lowest BCUT2D eigenvalue weighted by Crippen LogP contribution is -2.35. The van der Waals surface area contributed by atoms with Crippen LogP contribution in [0, 0.1) is 0 Å². The van der Waals surface area contributed by atoms with E-state index in [4.69, 9.17) is 0 Å². The first-order valence-electron chi connectivity index (χ1n) is 5.68. The third-order valence-corrected chi connectivity index (χ3v) is 3.20. The third-order valence-electron chi connectivity index (χ3n) is 3.20. The van der Waals surface area contributed by atoms with Crippen molar-refractivity contribution in [2.75, 3.05) is 19.0 Å². The van der Waals surface area contributed by atoms with Gasteiger partial charge in [-0.05, 0) is 17.5 Å². The van der Waals surface area contributed by atoms with Crippen molar-refractivity contribution < 1.29 is 9.59 Å². The summed E-state index contributed by atoms with van der Waals surface area (Å²) >= 11 is 0. The third kappa shape index (κ3) is 1.32. The summed E-state index contributed by atoms with van der Waals surface area (Å²) in [7, 11) is 3.76. The molecule has 0 aromatic heterocycles. The van der Waals surface area contributed by atoms with Crippen LogP contribution >= 0.6 is 0 Å². The molecule has 0 saturated heterocycles. The van der Waals surface area contributed by atoms with Crippen LogP contribution in [0.15, 0.2) is 30.3 Å². The summed E-state index contributed by atoms with van der Waals surface area (Å²) < 4.78 is 0. The topological polar surface area (TPSA) is 49.4 Å². The van der Waals surface area contributed by atoms with Gasteiger partial charge in [-0.1, -0.05) is 18.2 Å². The van der Waals surface area contributed by atoms with Crippen LogP contribution in [-0.4, -0.2) is 25.9 Å². The van der Waals surface area contributed by atoms with Gasteiger partial charge in [-0.2, -0.15) is 0 Å². The first-order chi connectivity index (χ1) is 8.59. The number of imide groups is 1. The normalized spacial score (nSPS) is 13.7. The van der Waals surface area contributed by atoms with Crippen LogP contribution in [0.4, 0.5) is 5.69 Å². The lowest BCUT2D eigenvalue weighted by Gasteiger charge is -2.23. The van der Waals surface area contributed by atoms with Gasteiger partial charge in [-0.25, -0.2) is 0 Å². The lowest BCUT2D eigenvalue weighted by atomic mass is 9.93. The largest absolute Gasteiger partial charge is 0.377 e. The predicted octanol–water partition coefficient (Wildman–Crippen LogP) is 1.79. The predicted molar refractivity (Wildman–Crippen MR) is 70.1 cm³/mol. The molecule has 0 bridgehead atoms. The Kier molecular flexibility index (Phi) is 2.13. The molecule has 4 heteroatoms. The Morgan fingerprint density at radius 2 is 1.78 bits per heavy atom. The second-order valence-corrected chi connectivity index (χ2v) is 4.54. The van der Waals surface area contributed by atoms with Crippen LogP contribution < -0.4 is 10.2 Å². The fourth-order valence-corrected chi connectivity index (χ4v) is 2.39. The molecule has 0 spiro atoms. The van der Waals surface area contributed by atoms with Crippen molar-refractivity contribution in [1.82, 2.24) is 5.32 Å². The van der Waals surface area contributed by atoms with Gasteiger partial charge in [0.15, 0.2) is 0 Å². The number of hydrogen-bond donors (Lipinski definition) is 1. The maximum absolute atomic E-state index is 12.0. The van der Waals surface area contributed by atoms with Gasteiger partial charge in [0.25, 0.3) is 11.8 Å². The molecular formula is C14H12N2O2. The fraction of sp³-hybridized carbons (Fsp3) is 0.143. The number of carbonyl (C=O) groups is 2. The van der Waals surface area contributed by atoms with Crippen LogP contribution in [0.25, 0.3) is 10.8 Å². The molecule has 0 atom stereocenters. The average Bonchev–Trinajstić information content (AvgIpc) is 2.34. The number of carbonyl (C=O) groups excluding carboxylic acids is 2. The minimum absolute atomic E-state index is 0.325. The highest BCUT2D eigenvalue weighted by Crippen LogP contribution is 2.32. The Morgan fingerprint density at radius 1 is 1.00 bits per heavy atom. The van der Waals surface area contributed by atoms with E-state index in [9.17, 15) is 9.59 Å². The quantitative estimate of drug-likeness (QED) is 0.773. The van der Waals surface area contributed by atoms with E-state index in [2.05, 4.69) is 5.32 Å². The molecule has 4 nitrogen and oxygen atoms in total. The first kappa shape index (κ1) is 10.8. The van der Waals surface area contributed by atoms with Crippen LogP contribution in [-0.2, 0) is 0 Å². The van der Waals surface area contributed by atoms with Gasteiger partial charge in [0.2, 0.25) is 0 Å². The van der Waals surface area contributed by atoms with E-state index >= 15 is 0 Å². The maximum Gasteiger partial charge on any atom is 0.260 e. The summed E-state index contributed by atoms with van der Waals surface area (Å²) in [6.07, 6.45) is 0. The standard InChI is InChI=1S/C14H12N2O2/c1-16(2)10-7-6-8-4-3-5-9-11(8)12(10)14(18)15-13(9)17/h3-7H,1-2H3,(H,15,17,18). The van der Waals surface area contributed by atoms with E-state index in [1.54, 1.807) is 6.07 Å². The highest BCUT2D eigenvalue weighted by Gasteiger charge is 2.27. The molecule has 0 fully saturated rings. The van der Waals surface area contributed by atoms with Crippen LogP contribution in [0.1, 0.15) is 20.7 Å². The van der Waals surface area contributed by atoms with Crippen LogP contribution in [0.2, 0.25) is 0 Å². The number of rotatable bonds is 1. The monoisotopic (exact) mass is 240 g/mol. The smallest absolute Gasteiger partial charge is 0.260 e. The van der Waals surface area contributed by atoms with Crippen molar-refractivity contribution in [2.24, 2.45) is 0 Å². The molecule has 0 saturated carbocycles. The zero-order valence-corrected chi connectivity index (χ0v) is 10.2. The van der Waals surface area contributed by atoms with Crippen molar-refractivity contribution >= 4 is 28.3 Å². The molecule has 0 radical (unpaired) electrons. The summed E-state index contributed by atoms with van der Waals surface area (Å²) in [5, 5.41) is 4.05. The van der Waals surface area contributed by atoms with Crippen molar-refractivity contribution in [2.45, 2.75) is 0 Å². The highest BCUT2D eigenvalue weighted by atomic mass is 16.2. The van der Waals surface area contributed by atoms with Gasteiger partial charge in [-0.15, -0.1) is 0 Å². The molecule has 2 amide bonds. The van der Waals surface area contributed by atoms with Gasteiger partial charge < -0.3 is 4.90 Å². The molecule has 18 heavy (non-hydrogen) atoms. The minimum Gasteiger partial charge on any atom is -0.377 e. The number of anilines is 1. The molecule has 2 aromatic rings. The summed E-state index contributed by atoms with van der Waals surface area (Å²) in [6.45, 7) is 0. The van der Waals surface area contributed by atoms with E-state index in [0.717, 1.165) is 16.5 Å². The Morgan fingerprint density at radius 3 is 2.50 bits per heavy atom. The molecule has 1 aliphatic heterocycles. The highest BCUT2D eigenvalue weighted by molar-refractivity contribution is 6.27. The zero-order valence-electron chi connectivity index (χ0n) is 10.2. The van der Waals surface area contributed by atoms with Gasteiger partial charge in [0.05, 0.1) is 5.56 Å². The summed E-state index contributed by atoms with van der Waals surface area (Å²) in [6, 6.07) is 9.31. The maximum atomic E-state index is 12.0. The van der Waals surface area contributed by atoms with Gasteiger partial charge in [0.1, 0.15) is 0 Å². The Hall–Kier alpha value is -2.36. The number of nitrogens with one attached hydrogen (secondary N) is 1. The molecule has 3 rings (SSSR count). The van der Waals surface area contributed by atoms with Crippen LogP contribution in [0.3, 0.4) is 0 Å². The summed E-state index contributed by atoms with van der Waals surface area (Å²) in [4.78, 5) is 25.7. The van der Waals surface area contributed by atoms with Crippen molar-refractivity contribution in [3.63, 3.8) is 0 Å². The van der Waals surface area contributed by atoms with Crippen molar-refractivity contribution in [1.29, 1.82) is 0 Å². The van der Waals surface area contributed by atoms with Gasteiger partial charge in [0, 0.05) is 30.7 Å². The van der Waals surface area contributed by atoms with Crippen molar-refractivity contribution in [3.05, 3.63) is 41.5 Å². The second kappa shape index (κ2) is 3.57. The average molecular weight is 240 g/mol. The van der Waals surface area contributed by atoms with E-state index < -0.39 is 0 Å². The van der Waals surface area contributed by atoms with E-state index in [1.807, 2.05) is 43.3 Å². The molecule has 1 aliphatic rings. The van der Waals surface area contributed by atoms with E-state index in [-0.39, 0.29) is 11.8 Å². The lowest BCUT2D eigenvalue weighted by molar-refractivity contribution is 0.0845.